The molecule has 102 valence electrons. The van der Waals surface area contributed by atoms with Gasteiger partial charge >= 0.3 is 0 Å². The molecule has 5 nitrogen and oxygen atoms in total. The molecule has 0 N–H and O–H groups in total. The first-order valence-electron chi connectivity index (χ1n) is 6.11. The fourth-order valence-electron chi connectivity index (χ4n) is 2.45. The number of hydrogen-bond acceptors (Lipinski definition) is 3. The largest absolute Gasteiger partial charge is 0.341 e. The summed E-state index contributed by atoms with van der Waals surface area (Å²) in [5.41, 5.74) is 1.26. The van der Waals surface area contributed by atoms with Crippen LogP contribution in [0.3, 0.4) is 0 Å². The minimum Gasteiger partial charge on any atom is -0.341 e. The van der Waals surface area contributed by atoms with E-state index < -0.39 is 4.92 Å². The molecule has 6 heteroatoms. The lowest BCUT2D eigenvalue weighted by Gasteiger charge is -2.19. The highest BCUT2D eigenvalue weighted by Crippen LogP contribution is 2.26. The zero-order chi connectivity index (χ0) is 14.0. The Labute approximate surface area is 116 Å². The van der Waals surface area contributed by atoms with Crippen LogP contribution in [0, 0.1) is 16.0 Å². The summed E-state index contributed by atoms with van der Waals surface area (Å²) in [6, 6.07) is 4.51. The molecule has 0 aromatic heterocycles. The smallest absolute Gasteiger partial charge is 0.270 e. The van der Waals surface area contributed by atoms with Gasteiger partial charge in [0, 0.05) is 37.2 Å². The van der Waals surface area contributed by atoms with Crippen LogP contribution < -0.4 is 0 Å². The van der Waals surface area contributed by atoms with Gasteiger partial charge in [-0.15, -0.1) is 11.6 Å². The molecule has 1 aliphatic heterocycles. The second kappa shape index (κ2) is 5.57. The Bertz CT molecular complexity index is 519. The Morgan fingerprint density at radius 1 is 1.53 bits per heavy atom. The average molecular weight is 283 g/mol. The van der Waals surface area contributed by atoms with Crippen LogP contribution >= 0.6 is 11.6 Å². The maximum Gasteiger partial charge on any atom is 0.270 e. The Morgan fingerprint density at radius 3 is 2.89 bits per heavy atom. The first-order chi connectivity index (χ1) is 9.02. The molecular formula is C13H15ClN2O3. The molecule has 1 unspecified atom stereocenters. The van der Waals surface area contributed by atoms with Crippen LogP contribution in [0.2, 0.25) is 0 Å². The van der Waals surface area contributed by atoms with E-state index in [2.05, 4.69) is 0 Å². The summed E-state index contributed by atoms with van der Waals surface area (Å²) in [7, 11) is 1.72. The maximum atomic E-state index is 12.2. The van der Waals surface area contributed by atoms with Crippen LogP contribution in [0.15, 0.2) is 18.2 Å². The van der Waals surface area contributed by atoms with E-state index in [1.54, 1.807) is 18.0 Å². The van der Waals surface area contributed by atoms with E-state index >= 15 is 0 Å². The quantitative estimate of drug-likeness (QED) is 0.486. The number of nitro groups is 1. The van der Waals surface area contributed by atoms with Gasteiger partial charge in [0.1, 0.15) is 0 Å². The first kappa shape index (κ1) is 13.8. The van der Waals surface area contributed by atoms with Crippen LogP contribution in [-0.4, -0.2) is 35.2 Å². The van der Waals surface area contributed by atoms with E-state index in [1.165, 1.54) is 12.1 Å². The number of nitrogens with zero attached hydrogens (tertiary/aromatic N) is 2. The Kier molecular flexibility index (Phi) is 4.04. The Balaban J connectivity index is 2.41. The van der Waals surface area contributed by atoms with E-state index in [1.807, 2.05) is 0 Å². The second-order valence-electron chi connectivity index (χ2n) is 4.83. The van der Waals surface area contributed by atoms with Crippen molar-refractivity contribution in [1.82, 2.24) is 4.90 Å². The van der Waals surface area contributed by atoms with Gasteiger partial charge < -0.3 is 4.90 Å². The van der Waals surface area contributed by atoms with Crippen molar-refractivity contribution in [2.45, 2.75) is 12.8 Å². The molecule has 0 bridgehead atoms. The Hall–Kier alpha value is -1.62. The third-order valence-corrected chi connectivity index (χ3v) is 3.66. The van der Waals surface area contributed by atoms with Crippen LogP contribution in [0.1, 0.15) is 22.3 Å². The molecule has 0 spiro atoms. The number of halogens is 1. The summed E-state index contributed by atoms with van der Waals surface area (Å²) >= 11 is 5.77. The molecule has 1 heterocycles. The van der Waals surface area contributed by atoms with Crippen LogP contribution in [0.25, 0.3) is 0 Å². The lowest BCUT2D eigenvalue weighted by molar-refractivity contribution is -0.384. The minimum atomic E-state index is -0.477. The van der Waals surface area contributed by atoms with Crippen molar-refractivity contribution in [2.24, 2.45) is 5.92 Å². The molecule has 19 heavy (non-hydrogen) atoms. The summed E-state index contributed by atoms with van der Waals surface area (Å²) in [6.07, 6.45) is 1.56. The second-order valence-corrected chi connectivity index (χ2v) is 5.21. The van der Waals surface area contributed by atoms with E-state index in [0.717, 1.165) is 18.4 Å². The number of carbonyl (C=O) groups excluding carboxylic acids is 1. The van der Waals surface area contributed by atoms with Gasteiger partial charge in [-0.05, 0) is 24.3 Å². The van der Waals surface area contributed by atoms with Gasteiger partial charge in [0.25, 0.3) is 11.6 Å². The van der Waals surface area contributed by atoms with Crippen molar-refractivity contribution in [3.05, 3.63) is 39.4 Å². The van der Waals surface area contributed by atoms with E-state index in [-0.39, 0.29) is 11.6 Å². The van der Waals surface area contributed by atoms with Crippen molar-refractivity contribution in [3.63, 3.8) is 0 Å². The van der Waals surface area contributed by atoms with Crippen molar-refractivity contribution in [1.29, 1.82) is 0 Å². The van der Waals surface area contributed by atoms with Crippen LogP contribution in [0.4, 0.5) is 5.69 Å². The number of fused-ring (bicyclic) bond motifs is 1. The molecular weight excluding hydrogens is 268 g/mol. The SMILES string of the molecule is CN1CC(CCCl)Cc2ccc([N+](=O)[O-])cc2C1=O. The summed E-state index contributed by atoms with van der Waals surface area (Å²) in [4.78, 5) is 24.2. The van der Waals surface area contributed by atoms with Crippen molar-refractivity contribution in [2.75, 3.05) is 19.5 Å². The normalized spacial score (nSPS) is 18.9. The topological polar surface area (TPSA) is 63.4 Å². The van der Waals surface area contributed by atoms with E-state index in [0.29, 0.717) is 23.9 Å². The number of non-ortho nitro benzene ring substituents is 1. The summed E-state index contributed by atoms with van der Waals surface area (Å²) in [6.45, 7) is 0.633. The van der Waals surface area contributed by atoms with Crippen LogP contribution in [-0.2, 0) is 6.42 Å². The number of hydrogen-bond donors (Lipinski definition) is 0. The average Bonchev–Trinajstić information content (AvgIpc) is 2.48. The zero-order valence-corrected chi connectivity index (χ0v) is 11.4. The minimum absolute atomic E-state index is 0.0451. The van der Waals surface area contributed by atoms with Gasteiger partial charge in [-0.3, -0.25) is 14.9 Å². The van der Waals surface area contributed by atoms with Gasteiger partial charge in [-0.2, -0.15) is 0 Å². The lowest BCUT2D eigenvalue weighted by atomic mass is 9.95. The summed E-state index contributed by atoms with van der Waals surface area (Å²) in [5, 5.41) is 10.8. The zero-order valence-electron chi connectivity index (χ0n) is 10.6. The monoisotopic (exact) mass is 282 g/mol. The van der Waals surface area contributed by atoms with Gasteiger partial charge in [-0.1, -0.05) is 6.07 Å². The number of amides is 1. The van der Waals surface area contributed by atoms with Gasteiger partial charge in [-0.25, -0.2) is 0 Å². The van der Waals surface area contributed by atoms with Gasteiger partial charge in [0.15, 0.2) is 0 Å². The number of alkyl halides is 1. The fourth-order valence-corrected chi connectivity index (χ4v) is 2.76. The molecule has 1 aromatic rings. The standard InChI is InChI=1S/C13H15ClN2O3/c1-15-8-9(4-5-14)6-10-2-3-11(16(18)19)7-12(10)13(15)17/h2-3,7,9H,4-6,8H2,1H3. The maximum absolute atomic E-state index is 12.2. The number of benzene rings is 1. The van der Waals surface area contributed by atoms with Gasteiger partial charge in [0.05, 0.1) is 4.92 Å². The molecule has 0 aliphatic carbocycles. The molecule has 0 saturated carbocycles. The molecule has 0 radical (unpaired) electrons. The number of nitro benzene ring substituents is 1. The molecule has 0 fully saturated rings. The molecule has 1 atom stereocenters. The highest BCUT2D eigenvalue weighted by molar-refractivity contribution is 6.17. The van der Waals surface area contributed by atoms with Crippen molar-refractivity contribution >= 4 is 23.2 Å². The van der Waals surface area contributed by atoms with Crippen LogP contribution in [0.5, 0.6) is 0 Å². The molecule has 0 saturated heterocycles. The number of carbonyl (C=O) groups is 1. The van der Waals surface area contributed by atoms with E-state index in [4.69, 9.17) is 11.6 Å². The molecule has 2 rings (SSSR count). The summed E-state index contributed by atoms with van der Waals surface area (Å²) in [5.74, 6) is 0.694. The molecule has 1 amide bonds. The lowest BCUT2D eigenvalue weighted by Crippen LogP contribution is -2.30. The van der Waals surface area contributed by atoms with E-state index in [9.17, 15) is 14.9 Å². The number of rotatable bonds is 3. The predicted octanol–water partition coefficient (Wildman–Crippen LogP) is 2.47. The molecule has 1 aromatic carbocycles. The highest BCUT2D eigenvalue weighted by Gasteiger charge is 2.26. The predicted molar refractivity (Wildman–Crippen MR) is 72.6 cm³/mol. The molecule has 1 aliphatic rings. The van der Waals surface area contributed by atoms with Crippen molar-refractivity contribution in [3.8, 4) is 0 Å². The van der Waals surface area contributed by atoms with Gasteiger partial charge in [0.2, 0.25) is 0 Å². The third kappa shape index (κ3) is 2.87. The Morgan fingerprint density at radius 2 is 2.26 bits per heavy atom. The fraction of sp³-hybridized carbons (Fsp3) is 0.462. The van der Waals surface area contributed by atoms with Crippen molar-refractivity contribution < 1.29 is 9.72 Å². The highest BCUT2D eigenvalue weighted by atomic mass is 35.5. The summed E-state index contributed by atoms with van der Waals surface area (Å²) < 4.78 is 0. The first-order valence-corrected chi connectivity index (χ1v) is 6.65. The third-order valence-electron chi connectivity index (χ3n) is 3.44.